The number of likely N-dealkylation sites (tertiary alicyclic amines) is 1. The zero-order valence-electron chi connectivity index (χ0n) is 43.7. The Morgan fingerprint density at radius 1 is 1.07 bits per heavy atom. The fourth-order valence-corrected chi connectivity index (χ4v) is 11.9. The van der Waals surface area contributed by atoms with E-state index in [1.54, 1.807) is 29.5 Å². The van der Waals surface area contributed by atoms with Crippen molar-refractivity contribution in [3.05, 3.63) is 57.6 Å². The maximum Gasteiger partial charge on any atom is 0.406 e. The number of nitrogens with zero attached hydrogens (tertiary/aromatic N) is 7. The molecule has 1 aromatic carbocycles. The fourth-order valence-electron chi connectivity index (χ4n) is 11.1. The van der Waals surface area contributed by atoms with E-state index in [1.807, 2.05) is 34.7 Å². The molecular weight excluding hydrogens is 981 g/mol. The first-order valence-corrected chi connectivity index (χ1v) is 26.8. The normalized spacial score (nSPS) is 23.4. The molecule has 4 saturated heterocycles. The van der Waals surface area contributed by atoms with Gasteiger partial charge >= 0.3 is 12.1 Å². The molecule has 5 aliphatic rings. The second-order valence-electron chi connectivity index (χ2n) is 21.9. The molecule has 6 bridgehead atoms. The highest BCUT2D eigenvalue weighted by Gasteiger charge is 2.48. The maximum absolute atomic E-state index is 16.8. The standard InChI is InChI=1S/C53H72F4N10O6S/c1-32(2)46(65-17-10-12-52(50(65)71)13-15-58-16-14-52)47(68)61-41-26-45-60-42(29-74-45)36-23-35-37(27-51(5,6)31-73-49(70)39-11-9-18-67(62-39)48(41)69)44(66(30-53(55,56)57)43(35)24-38(36)54)25-40(34(4)72-8)59-28-33(3)64-21-19-63(7)20-22-64/h23-25,28-29,32,34,39,41,46,58,62H,3,9-22,26-27,30-31H2,1-2,4-8H3,(H,61,68)/b40-25+,59-28-/t34-,39-,41-,46-/m0/s1. The second kappa shape index (κ2) is 22.5. The molecular formula is C53H72F4N10O6S. The highest BCUT2D eigenvalue weighted by molar-refractivity contribution is 7.10. The van der Waals surface area contributed by atoms with E-state index in [2.05, 4.69) is 32.4 Å². The number of ether oxygens (including phenoxy) is 2. The number of nitrogens with one attached hydrogen (secondary N) is 3. The minimum atomic E-state index is -4.73. The number of alkyl halides is 3. The van der Waals surface area contributed by atoms with E-state index >= 15 is 4.39 Å². The van der Waals surface area contributed by atoms with Gasteiger partial charge in [0.15, 0.2) is 0 Å². The lowest BCUT2D eigenvalue weighted by Gasteiger charge is -2.47. The number of allylic oxidation sites excluding steroid dienone is 1. The number of rotatable bonds is 11. The number of carbonyl (C=O) groups is 4. The number of piperazine rings is 1. The zero-order valence-corrected chi connectivity index (χ0v) is 44.5. The summed E-state index contributed by atoms with van der Waals surface area (Å²) in [4.78, 5) is 73.3. The van der Waals surface area contributed by atoms with E-state index in [9.17, 15) is 32.3 Å². The first kappa shape index (κ1) is 55.0. The number of thiazole rings is 1. The largest absolute Gasteiger partial charge is 0.464 e. The molecule has 0 saturated carbocycles. The van der Waals surface area contributed by atoms with Gasteiger partial charge in [-0.15, -0.1) is 11.3 Å². The number of fused-ring (bicyclic) bond motifs is 6. The lowest BCUT2D eigenvalue weighted by atomic mass is 9.71. The Hall–Kier alpha value is -5.22. The summed E-state index contributed by atoms with van der Waals surface area (Å²) in [5.41, 5.74) is 3.27. The van der Waals surface area contributed by atoms with Gasteiger partial charge in [-0.05, 0) is 102 Å². The number of aliphatic imine (C=N–C) groups is 1. The molecule has 0 aliphatic carbocycles. The Bertz CT molecular complexity index is 2640. The first-order valence-electron chi connectivity index (χ1n) is 25.9. The van der Waals surface area contributed by atoms with Crippen molar-refractivity contribution in [2.24, 2.45) is 21.7 Å². The van der Waals surface area contributed by atoms with E-state index in [0.717, 1.165) is 61.0 Å². The van der Waals surface area contributed by atoms with Gasteiger partial charge in [0.1, 0.15) is 30.5 Å². The van der Waals surface area contributed by atoms with Gasteiger partial charge in [0.25, 0.3) is 5.91 Å². The van der Waals surface area contributed by atoms with Crippen LogP contribution in [-0.4, -0.2) is 163 Å². The molecule has 0 radical (unpaired) electrons. The Morgan fingerprint density at radius 3 is 2.49 bits per heavy atom. The molecule has 3 N–H and O–H groups in total. The number of aromatic nitrogens is 2. The molecule has 4 fully saturated rings. The van der Waals surface area contributed by atoms with Crippen LogP contribution in [0.25, 0.3) is 28.2 Å². The Labute approximate surface area is 434 Å². The van der Waals surface area contributed by atoms with Crippen LogP contribution >= 0.6 is 11.3 Å². The van der Waals surface area contributed by atoms with Gasteiger partial charge in [-0.1, -0.05) is 34.3 Å². The predicted octanol–water partition coefficient (Wildman–Crippen LogP) is 6.34. The van der Waals surface area contributed by atoms with Crippen LogP contribution in [0.1, 0.15) is 89.4 Å². The van der Waals surface area contributed by atoms with E-state index < -0.39 is 71.4 Å². The van der Waals surface area contributed by atoms with Crippen LogP contribution in [-0.2, 0) is 48.0 Å². The van der Waals surface area contributed by atoms with Crippen molar-refractivity contribution in [2.75, 3.05) is 73.1 Å². The van der Waals surface area contributed by atoms with Crippen LogP contribution in [0.4, 0.5) is 17.6 Å². The zero-order chi connectivity index (χ0) is 53.3. The molecule has 1 spiro atoms. The number of hydrogen-bond donors (Lipinski definition) is 3. The Balaban J connectivity index is 1.21. The number of hydrogen-bond acceptors (Lipinski definition) is 13. The van der Waals surface area contributed by atoms with E-state index in [4.69, 9.17) is 19.5 Å². The average Bonchev–Trinajstić information content (AvgIpc) is 3.92. The average molecular weight is 1050 g/mol. The van der Waals surface area contributed by atoms with Crippen LogP contribution in [0.2, 0.25) is 0 Å². The molecule has 2 aromatic heterocycles. The molecule has 3 aromatic rings. The van der Waals surface area contributed by atoms with E-state index in [-0.39, 0.29) is 60.3 Å². The number of piperidine rings is 2. The topological polar surface area (TPSA) is 166 Å². The fraction of sp³-hybridized carbons (Fsp3) is 0.623. The van der Waals surface area contributed by atoms with Crippen molar-refractivity contribution in [1.82, 2.24) is 45.3 Å². The number of likely N-dealkylation sites (N-methyl/N-ethyl adjacent to an activating group) is 1. The minimum absolute atomic E-state index is 0.0149. The maximum atomic E-state index is 16.8. The van der Waals surface area contributed by atoms with Gasteiger partial charge in [-0.3, -0.25) is 29.2 Å². The van der Waals surface area contributed by atoms with Crippen molar-refractivity contribution in [1.29, 1.82) is 0 Å². The summed E-state index contributed by atoms with van der Waals surface area (Å²) in [6, 6.07) is -0.451. The summed E-state index contributed by atoms with van der Waals surface area (Å²) in [5, 5.41) is 9.97. The quantitative estimate of drug-likeness (QED) is 0.112. The number of hydrazine groups is 1. The summed E-state index contributed by atoms with van der Waals surface area (Å²) in [5.74, 6) is -2.86. The van der Waals surface area contributed by atoms with E-state index in [1.165, 1.54) is 18.2 Å². The van der Waals surface area contributed by atoms with Gasteiger partial charge < -0.3 is 39.4 Å². The Morgan fingerprint density at radius 2 is 1.80 bits per heavy atom. The molecule has 0 unspecified atom stereocenters. The highest BCUT2D eigenvalue weighted by Crippen LogP contribution is 2.42. The smallest absolute Gasteiger partial charge is 0.406 e. The molecule has 3 amide bonds. The van der Waals surface area contributed by atoms with Crippen molar-refractivity contribution >= 4 is 58.2 Å². The van der Waals surface area contributed by atoms with Gasteiger partial charge in [-0.25, -0.2) is 14.8 Å². The van der Waals surface area contributed by atoms with Gasteiger partial charge in [-0.2, -0.15) is 13.2 Å². The van der Waals surface area contributed by atoms with Gasteiger partial charge in [0, 0.05) is 92.1 Å². The van der Waals surface area contributed by atoms with Crippen LogP contribution in [0.5, 0.6) is 0 Å². The van der Waals surface area contributed by atoms with E-state index in [0.29, 0.717) is 72.7 Å². The van der Waals surface area contributed by atoms with Gasteiger partial charge in [0.2, 0.25) is 11.8 Å². The summed E-state index contributed by atoms with van der Waals surface area (Å²) in [7, 11) is 3.52. The van der Waals surface area contributed by atoms with Crippen LogP contribution < -0.4 is 16.1 Å². The Kier molecular flexibility index (Phi) is 16.8. The van der Waals surface area contributed by atoms with Crippen LogP contribution in [0.3, 0.4) is 0 Å². The third kappa shape index (κ3) is 12.2. The van der Waals surface area contributed by atoms with Gasteiger partial charge in [0.05, 0.1) is 40.0 Å². The SMILES string of the molecule is C=C(/C=N\C(=C\c1c2c3cc(c(F)cc3n1CC(F)(F)F)-c1csc(n1)C[C@H](NC(=O)[C@H](C(C)C)N1CCCC3(CCNCC3)C1=O)C(=O)N1CCC[C@H](N1)C(=O)OCC(C)(C)C2)[C@H](C)OC)N1CCN(C)CC1. The molecule has 404 valence electrons. The summed E-state index contributed by atoms with van der Waals surface area (Å²) < 4.78 is 74.0. The first-order chi connectivity index (χ1) is 35.1. The van der Waals surface area contributed by atoms with Crippen LogP contribution in [0.15, 0.2) is 40.5 Å². The predicted molar refractivity (Wildman–Crippen MR) is 276 cm³/mol. The third-order valence-corrected chi connectivity index (χ3v) is 16.2. The molecule has 21 heteroatoms. The monoisotopic (exact) mass is 1050 g/mol. The van der Waals surface area contributed by atoms with Crippen molar-refractivity contribution in [3.63, 3.8) is 0 Å². The number of cyclic esters (lactones) is 1. The molecule has 16 nitrogen and oxygen atoms in total. The lowest BCUT2D eigenvalue weighted by Crippen LogP contribution is -2.64. The van der Waals surface area contributed by atoms with Crippen molar-refractivity contribution < 1.29 is 46.2 Å². The molecule has 5 aliphatic heterocycles. The highest BCUT2D eigenvalue weighted by atomic mass is 32.1. The number of halogens is 4. The number of benzene rings is 1. The van der Waals surface area contributed by atoms with Crippen LogP contribution in [0, 0.1) is 22.6 Å². The number of carbonyl (C=O) groups excluding carboxylic acids is 4. The molecule has 8 rings (SSSR count). The lowest BCUT2D eigenvalue weighted by molar-refractivity contribution is -0.157. The minimum Gasteiger partial charge on any atom is -0.464 e. The molecule has 74 heavy (non-hydrogen) atoms. The third-order valence-electron chi connectivity index (χ3n) is 15.3. The molecule has 4 atom stereocenters. The van der Waals surface area contributed by atoms with Crippen molar-refractivity contribution in [3.8, 4) is 11.3 Å². The summed E-state index contributed by atoms with van der Waals surface area (Å²) in [6.07, 6.45) is 1.28. The molecule has 7 heterocycles. The number of methoxy groups -OCH3 is 1. The second-order valence-corrected chi connectivity index (χ2v) is 22.8. The summed E-state index contributed by atoms with van der Waals surface area (Å²) in [6.45, 7) is 16.9. The number of esters is 1. The van der Waals surface area contributed by atoms with Crippen molar-refractivity contribution in [2.45, 2.75) is 123 Å². The number of amides is 3. The summed E-state index contributed by atoms with van der Waals surface area (Å²) >= 11 is 1.14.